The molecule has 150 valence electrons. The highest BCUT2D eigenvalue weighted by Gasteiger charge is 2.26. The van der Waals surface area contributed by atoms with Gasteiger partial charge in [-0.1, -0.05) is 30.3 Å². The number of carbonyl (C=O) groups is 1. The standard InChI is InChI=1S/C22H20N6OS/c1-13-18(22(30-28-13)24-17-11-12-17)21(29)23-16-9-7-15(8-10-16)20-25-19(26-27-20)14-5-3-2-4-6-14/h2-10,17,24H,11-12H2,1H3,(H,23,29)(H,25,26,27). The Bertz CT molecular complexity index is 1180. The van der Waals surface area contributed by atoms with Gasteiger partial charge >= 0.3 is 0 Å². The normalized spacial score (nSPS) is 13.2. The third-order valence-electron chi connectivity index (χ3n) is 4.94. The predicted molar refractivity (Wildman–Crippen MR) is 119 cm³/mol. The number of aryl methyl sites for hydroxylation is 1. The van der Waals surface area contributed by atoms with E-state index in [-0.39, 0.29) is 5.91 Å². The maximum Gasteiger partial charge on any atom is 0.260 e. The molecule has 2 aromatic heterocycles. The smallest absolute Gasteiger partial charge is 0.260 e. The largest absolute Gasteiger partial charge is 0.372 e. The van der Waals surface area contributed by atoms with Crippen LogP contribution in [0.2, 0.25) is 0 Å². The molecule has 1 aliphatic carbocycles. The Balaban J connectivity index is 1.31. The fourth-order valence-corrected chi connectivity index (χ4v) is 4.03. The molecule has 8 heteroatoms. The van der Waals surface area contributed by atoms with Crippen LogP contribution in [-0.4, -0.2) is 31.5 Å². The molecule has 30 heavy (non-hydrogen) atoms. The van der Waals surface area contributed by atoms with E-state index in [2.05, 4.69) is 30.2 Å². The minimum absolute atomic E-state index is 0.150. The summed E-state index contributed by atoms with van der Waals surface area (Å²) in [4.78, 5) is 17.4. The number of nitrogens with one attached hydrogen (secondary N) is 3. The lowest BCUT2D eigenvalue weighted by Crippen LogP contribution is -2.15. The Hall–Kier alpha value is -3.52. The summed E-state index contributed by atoms with van der Waals surface area (Å²) in [5.74, 6) is 1.18. The molecule has 0 aliphatic heterocycles. The topological polar surface area (TPSA) is 95.6 Å². The number of nitrogens with zero attached hydrogens (tertiary/aromatic N) is 3. The van der Waals surface area contributed by atoms with Crippen LogP contribution in [-0.2, 0) is 0 Å². The van der Waals surface area contributed by atoms with Gasteiger partial charge in [-0.2, -0.15) is 9.47 Å². The minimum atomic E-state index is -0.150. The van der Waals surface area contributed by atoms with E-state index in [9.17, 15) is 4.79 Å². The van der Waals surface area contributed by atoms with Crippen LogP contribution >= 0.6 is 11.5 Å². The van der Waals surface area contributed by atoms with Crippen molar-refractivity contribution in [3.05, 3.63) is 65.9 Å². The van der Waals surface area contributed by atoms with Gasteiger partial charge < -0.3 is 10.6 Å². The van der Waals surface area contributed by atoms with Crippen LogP contribution < -0.4 is 10.6 Å². The summed E-state index contributed by atoms with van der Waals surface area (Å²) in [5, 5.41) is 14.5. The maximum atomic E-state index is 12.8. The van der Waals surface area contributed by atoms with Gasteiger partial charge in [0.2, 0.25) is 0 Å². The summed E-state index contributed by atoms with van der Waals surface area (Å²) < 4.78 is 4.34. The third kappa shape index (κ3) is 3.81. The number of H-pyrrole nitrogens is 1. The summed E-state index contributed by atoms with van der Waals surface area (Å²) in [5.41, 5.74) is 3.94. The van der Waals surface area contributed by atoms with E-state index < -0.39 is 0 Å². The van der Waals surface area contributed by atoms with Gasteiger partial charge in [-0.15, -0.1) is 0 Å². The lowest BCUT2D eigenvalue weighted by atomic mass is 10.1. The zero-order chi connectivity index (χ0) is 20.5. The summed E-state index contributed by atoms with van der Waals surface area (Å²) in [6.45, 7) is 1.86. The number of aromatic nitrogens is 4. The van der Waals surface area contributed by atoms with E-state index in [1.54, 1.807) is 0 Å². The fourth-order valence-electron chi connectivity index (χ4n) is 3.16. The molecule has 0 atom stereocenters. The molecule has 1 amide bonds. The second-order valence-electron chi connectivity index (χ2n) is 7.30. The minimum Gasteiger partial charge on any atom is -0.372 e. The summed E-state index contributed by atoms with van der Waals surface area (Å²) in [7, 11) is 0. The van der Waals surface area contributed by atoms with Gasteiger partial charge in [0.15, 0.2) is 11.6 Å². The number of amides is 1. The first-order chi connectivity index (χ1) is 14.7. The van der Waals surface area contributed by atoms with Crippen molar-refractivity contribution in [2.45, 2.75) is 25.8 Å². The van der Waals surface area contributed by atoms with Crippen molar-refractivity contribution in [1.82, 2.24) is 19.6 Å². The Morgan fingerprint density at radius 3 is 2.57 bits per heavy atom. The lowest BCUT2D eigenvalue weighted by Gasteiger charge is -2.08. The summed E-state index contributed by atoms with van der Waals surface area (Å²) in [6.07, 6.45) is 2.29. The number of hydrogen-bond acceptors (Lipinski definition) is 6. The van der Waals surface area contributed by atoms with Crippen LogP contribution in [0.5, 0.6) is 0 Å². The molecule has 2 heterocycles. The number of aromatic amines is 1. The number of rotatable bonds is 6. The van der Waals surface area contributed by atoms with Gasteiger partial charge in [-0.3, -0.25) is 9.89 Å². The van der Waals surface area contributed by atoms with E-state index in [0.29, 0.717) is 23.3 Å². The van der Waals surface area contributed by atoms with Crippen LogP contribution in [0.15, 0.2) is 54.6 Å². The molecular weight excluding hydrogens is 396 g/mol. The zero-order valence-electron chi connectivity index (χ0n) is 16.3. The first kappa shape index (κ1) is 18.5. The Morgan fingerprint density at radius 1 is 1.07 bits per heavy atom. The van der Waals surface area contributed by atoms with Gasteiger partial charge in [0.25, 0.3) is 5.91 Å². The lowest BCUT2D eigenvalue weighted by molar-refractivity contribution is 0.102. The van der Waals surface area contributed by atoms with E-state index in [1.165, 1.54) is 11.5 Å². The molecule has 2 aromatic carbocycles. The molecule has 1 aliphatic rings. The van der Waals surface area contributed by atoms with Gasteiger partial charge in [-0.05, 0) is 55.6 Å². The van der Waals surface area contributed by atoms with Crippen molar-refractivity contribution in [3.8, 4) is 22.8 Å². The molecule has 4 aromatic rings. The average Bonchev–Trinajstić information content (AvgIpc) is 3.30. The van der Waals surface area contributed by atoms with Crippen LogP contribution in [0.3, 0.4) is 0 Å². The Morgan fingerprint density at radius 2 is 1.83 bits per heavy atom. The van der Waals surface area contributed by atoms with Gasteiger partial charge in [0, 0.05) is 22.9 Å². The second-order valence-corrected chi connectivity index (χ2v) is 8.07. The fraction of sp³-hybridized carbons (Fsp3) is 0.182. The highest BCUT2D eigenvalue weighted by Crippen LogP contribution is 2.32. The van der Waals surface area contributed by atoms with Crippen LogP contribution in [0.4, 0.5) is 10.7 Å². The molecule has 3 N–H and O–H groups in total. The van der Waals surface area contributed by atoms with Crippen LogP contribution in [0, 0.1) is 6.92 Å². The quantitative estimate of drug-likeness (QED) is 0.422. The molecule has 0 spiro atoms. The predicted octanol–water partition coefficient (Wildman–Crippen LogP) is 4.73. The number of benzene rings is 2. The molecule has 1 fully saturated rings. The van der Waals surface area contributed by atoms with E-state index in [4.69, 9.17) is 0 Å². The third-order valence-corrected chi connectivity index (χ3v) is 5.81. The monoisotopic (exact) mass is 416 g/mol. The Kier molecular flexibility index (Phi) is 4.76. The maximum absolute atomic E-state index is 12.8. The Labute approximate surface area is 177 Å². The first-order valence-corrected chi connectivity index (χ1v) is 10.6. The first-order valence-electron chi connectivity index (χ1n) is 9.80. The number of carbonyl (C=O) groups excluding carboxylic acids is 1. The number of anilines is 2. The summed E-state index contributed by atoms with van der Waals surface area (Å²) in [6, 6.07) is 17.8. The number of hydrogen-bond donors (Lipinski definition) is 3. The van der Waals surface area contributed by atoms with Crippen molar-refractivity contribution in [3.63, 3.8) is 0 Å². The van der Waals surface area contributed by atoms with Gasteiger partial charge in [0.05, 0.1) is 11.3 Å². The molecule has 0 radical (unpaired) electrons. The highest BCUT2D eigenvalue weighted by molar-refractivity contribution is 7.10. The molecule has 5 rings (SSSR count). The van der Waals surface area contributed by atoms with Crippen LogP contribution in [0.25, 0.3) is 22.8 Å². The molecule has 7 nitrogen and oxygen atoms in total. The van der Waals surface area contributed by atoms with Crippen molar-refractivity contribution < 1.29 is 4.79 Å². The highest BCUT2D eigenvalue weighted by atomic mass is 32.1. The molecule has 0 bridgehead atoms. The van der Waals surface area contributed by atoms with Gasteiger partial charge in [-0.25, -0.2) is 4.98 Å². The zero-order valence-corrected chi connectivity index (χ0v) is 17.2. The molecular formula is C22H20N6OS. The van der Waals surface area contributed by atoms with Crippen molar-refractivity contribution in [2.75, 3.05) is 10.6 Å². The summed E-state index contributed by atoms with van der Waals surface area (Å²) >= 11 is 1.34. The van der Waals surface area contributed by atoms with Crippen molar-refractivity contribution >= 4 is 28.1 Å². The van der Waals surface area contributed by atoms with Crippen molar-refractivity contribution in [2.24, 2.45) is 0 Å². The molecule has 0 saturated heterocycles. The average molecular weight is 417 g/mol. The van der Waals surface area contributed by atoms with Gasteiger partial charge in [0.1, 0.15) is 5.00 Å². The molecule has 0 unspecified atom stereocenters. The molecule has 1 saturated carbocycles. The van der Waals surface area contributed by atoms with E-state index in [1.807, 2.05) is 61.5 Å². The van der Waals surface area contributed by atoms with E-state index >= 15 is 0 Å². The van der Waals surface area contributed by atoms with Crippen LogP contribution in [0.1, 0.15) is 28.9 Å². The van der Waals surface area contributed by atoms with Crippen molar-refractivity contribution in [1.29, 1.82) is 0 Å². The SMILES string of the molecule is Cc1nsc(NC2CC2)c1C(=O)Nc1ccc(-c2nc(-c3ccccc3)n[nH]2)cc1. The van der Waals surface area contributed by atoms with E-state index in [0.717, 1.165) is 40.4 Å². The second kappa shape index (κ2) is 7.72.